The SMILES string of the molecule is CN=C(NCCN1CCCCCC1)NCC(CC(C)C)N1CCOCC1. The van der Waals surface area contributed by atoms with Crippen LogP contribution in [-0.2, 0) is 4.74 Å². The Kier molecular flexibility index (Phi) is 10.3. The van der Waals surface area contributed by atoms with Crippen molar-refractivity contribution in [3.8, 4) is 0 Å². The second kappa shape index (κ2) is 12.5. The number of guanidine groups is 1. The molecule has 2 saturated heterocycles. The minimum absolute atomic E-state index is 0.544. The quantitative estimate of drug-likeness (QED) is 0.506. The third-order valence-corrected chi connectivity index (χ3v) is 5.45. The predicted molar refractivity (Wildman–Crippen MR) is 110 cm³/mol. The molecule has 6 heteroatoms. The number of hydrogen-bond acceptors (Lipinski definition) is 4. The lowest BCUT2D eigenvalue weighted by atomic mass is 10.0. The normalized spacial score (nSPS) is 22.2. The van der Waals surface area contributed by atoms with E-state index in [1.165, 1.54) is 45.2 Å². The lowest BCUT2D eigenvalue weighted by Gasteiger charge is -2.35. The highest BCUT2D eigenvalue weighted by molar-refractivity contribution is 5.79. The van der Waals surface area contributed by atoms with E-state index in [2.05, 4.69) is 39.3 Å². The first-order chi connectivity index (χ1) is 12.7. The average molecular weight is 368 g/mol. The summed E-state index contributed by atoms with van der Waals surface area (Å²) in [5, 5.41) is 7.06. The summed E-state index contributed by atoms with van der Waals surface area (Å²) >= 11 is 0. The number of nitrogens with zero attached hydrogens (tertiary/aromatic N) is 3. The molecule has 152 valence electrons. The molecule has 2 N–H and O–H groups in total. The Morgan fingerprint density at radius 1 is 1.00 bits per heavy atom. The molecular weight excluding hydrogens is 326 g/mol. The smallest absolute Gasteiger partial charge is 0.191 e. The lowest BCUT2D eigenvalue weighted by molar-refractivity contribution is 0.0132. The largest absolute Gasteiger partial charge is 0.379 e. The molecule has 2 heterocycles. The van der Waals surface area contributed by atoms with Crippen LogP contribution in [0.4, 0.5) is 0 Å². The van der Waals surface area contributed by atoms with E-state index in [-0.39, 0.29) is 0 Å². The Bertz CT molecular complexity index is 388. The van der Waals surface area contributed by atoms with Gasteiger partial charge in [-0.2, -0.15) is 0 Å². The van der Waals surface area contributed by atoms with Crippen molar-refractivity contribution in [3.05, 3.63) is 0 Å². The summed E-state index contributed by atoms with van der Waals surface area (Å²) in [7, 11) is 1.87. The summed E-state index contributed by atoms with van der Waals surface area (Å²) in [6.45, 7) is 13.9. The van der Waals surface area contributed by atoms with Crippen molar-refractivity contribution >= 4 is 5.96 Å². The van der Waals surface area contributed by atoms with Crippen LogP contribution in [-0.4, -0.2) is 87.9 Å². The van der Waals surface area contributed by atoms with Gasteiger partial charge in [0.2, 0.25) is 0 Å². The third kappa shape index (κ3) is 8.23. The van der Waals surface area contributed by atoms with Crippen LogP contribution in [0.2, 0.25) is 0 Å². The second-order valence-electron chi connectivity index (χ2n) is 8.07. The van der Waals surface area contributed by atoms with Crippen LogP contribution in [0.1, 0.15) is 46.0 Å². The number of ether oxygens (including phenoxy) is 1. The molecule has 0 aromatic rings. The molecule has 0 amide bonds. The predicted octanol–water partition coefficient (Wildman–Crippen LogP) is 1.77. The summed E-state index contributed by atoms with van der Waals surface area (Å²) in [5.74, 6) is 1.63. The molecule has 0 spiro atoms. The highest BCUT2D eigenvalue weighted by atomic mass is 16.5. The van der Waals surface area contributed by atoms with Crippen molar-refractivity contribution < 1.29 is 4.74 Å². The van der Waals surface area contributed by atoms with Gasteiger partial charge in [-0.05, 0) is 38.3 Å². The zero-order valence-electron chi connectivity index (χ0n) is 17.3. The van der Waals surface area contributed by atoms with Crippen molar-refractivity contribution in [2.45, 2.75) is 52.0 Å². The summed E-state index contributed by atoms with van der Waals surface area (Å²) in [6, 6.07) is 0.544. The van der Waals surface area contributed by atoms with Crippen LogP contribution in [0, 0.1) is 5.92 Å². The van der Waals surface area contributed by atoms with E-state index >= 15 is 0 Å². The van der Waals surface area contributed by atoms with Crippen LogP contribution in [0.3, 0.4) is 0 Å². The molecule has 1 unspecified atom stereocenters. The zero-order chi connectivity index (χ0) is 18.6. The molecule has 0 bridgehead atoms. The van der Waals surface area contributed by atoms with Crippen LogP contribution in [0.5, 0.6) is 0 Å². The van der Waals surface area contributed by atoms with Gasteiger partial charge in [0.25, 0.3) is 0 Å². The minimum atomic E-state index is 0.544. The Labute approximate surface area is 160 Å². The van der Waals surface area contributed by atoms with Gasteiger partial charge in [-0.25, -0.2) is 0 Å². The van der Waals surface area contributed by atoms with Crippen molar-refractivity contribution in [3.63, 3.8) is 0 Å². The Morgan fingerprint density at radius 3 is 2.31 bits per heavy atom. The molecular formula is C20H41N5O. The first-order valence-corrected chi connectivity index (χ1v) is 10.7. The summed E-state index contributed by atoms with van der Waals surface area (Å²) in [6.07, 6.45) is 6.70. The number of hydrogen-bond donors (Lipinski definition) is 2. The van der Waals surface area contributed by atoms with Crippen molar-refractivity contribution in [1.82, 2.24) is 20.4 Å². The number of morpholine rings is 1. The number of aliphatic imine (C=N–C) groups is 1. The number of nitrogens with one attached hydrogen (secondary N) is 2. The van der Waals surface area contributed by atoms with Crippen molar-refractivity contribution in [2.24, 2.45) is 10.9 Å². The van der Waals surface area contributed by atoms with Gasteiger partial charge in [0, 0.05) is 45.8 Å². The molecule has 6 nitrogen and oxygen atoms in total. The van der Waals surface area contributed by atoms with E-state index in [0.29, 0.717) is 12.0 Å². The fraction of sp³-hybridized carbons (Fsp3) is 0.950. The van der Waals surface area contributed by atoms with Crippen LogP contribution in [0.25, 0.3) is 0 Å². The van der Waals surface area contributed by atoms with Crippen molar-refractivity contribution in [2.75, 3.05) is 66.1 Å². The molecule has 0 saturated carbocycles. The molecule has 0 aliphatic carbocycles. The lowest BCUT2D eigenvalue weighted by Crippen LogP contribution is -2.51. The molecule has 2 rings (SSSR count). The maximum absolute atomic E-state index is 5.52. The fourth-order valence-corrected chi connectivity index (χ4v) is 3.98. The summed E-state index contributed by atoms with van der Waals surface area (Å²) in [4.78, 5) is 9.57. The second-order valence-corrected chi connectivity index (χ2v) is 8.07. The molecule has 0 radical (unpaired) electrons. The van der Waals surface area contributed by atoms with E-state index in [1.807, 2.05) is 7.05 Å². The highest BCUT2D eigenvalue weighted by Gasteiger charge is 2.22. The highest BCUT2D eigenvalue weighted by Crippen LogP contribution is 2.13. The molecule has 0 aromatic heterocycles. The van der Waals surface area contributed by atoms with Gasteiger partial charge < -0.3 is 20.3 Å². The summed E-state index contributed by atoms with van der Waals surface area (Å²) in [5.41, 5.74) is 0. The van der Waals surface area contributed by atoms with E-state index in [1.54, 1.807) is 0 Å². The van der Waals surface area contributed by atoms with Crippen molar-refractivity contribution in [1.29, 1.82) is 0 Å². The number of likely N-dealkylation sites (tertiary alicyclic amines) is 1. The van der Waals surface area contributed by atoms with Crippen LogP contribution < -0.4 is 10.6 Å². The number of rotatable bonds is 8. The first kappa shape index (κ1) is 21.5. The van der Waals surface area contributed by atoms with Gasteiger partial charge in [-0.3, -0.25) is 9.89 Å². The Morgan fingerprint density at radius 2 is 1.69 bits per heavy atom. The fourth-order valence-electron chi connectivity index (χ4n) is 3.98. The third-order valence-electron chi connectivity index (χ3n) is 5.45. The van der Waals surface area contributed by atoms with Crippen LogP contribution >= 0.6 is 0 Å². The monoisotopic (exact) mass is 367 g/mol. The van der Waals surface area contributed by atoms with Gasteiger partial charge in [-0.15, -0.1) is 0 Å². The first-order valence-electron chi connectivity index (χ1n) is 10.7. The Balaban J connectivity index is 1.72. The molecule has 1 atom stereocenters. The van der Waals surface area contributed by atoms with Crippen LogP contribution in [0.15, 0.2) is 4.99 Å². The minimum Gasteiger partial charge on any atom is -0.379 e. The maximum Gasteiger partial charge on any atom is 0.191 e. The average Bonchev–Trinajstić information content (AvgIpc) is 2.92. The topological polar surface area (TPSA) is 52.1 Å². The molecule has 0 aromatic carbocycles. The van der Waals surface area contributed by atoms with E-state index in [0.717, 1.165) is 51.9 Å². The zero-order valence-corrected chi connectivity index (χ0v) is 17.3. The molecule has 2 aliphatic rings. The standard InChI is InChI=1S/C20H41N5O/c1-18(2)16-19(25-12-14-26-15-13-25)17-23-20(21-3)22-8-11-24-9-6-4-5-7-10-24/h18-19H,4-17H2,1-3H3,(H2,21,22,23). The van der Waals surface area contributed by atoms with Gasteiger partial charge in [0.1, 0.15) is 0 Å². The van der Waals surface area contributed by atoms with E-state index in [4.69, 9.17) is 4.74 Å². The van der Waals surface area contributed by atoms with Gasteiger partial charge in [0.05, 0.1) is 13.2 Å². The van der Waals surface area contributed by atoms with Gasteiger partial charge >= 0.3 is 0 Å². The van der Waals surface area contributed by atoms with E-state index in [9.17, 15) is 0 Å². The summed E-state index contributed by atoms with van der Waals surface area (Å²) < 4.78 is 5.52. The van der Waals surface area contributed by atoms with Gasteiger partial charge in [0.15, 0.2) is 5.96 Å². The van der Waals surface area contributed by atoms with Gasteiger partial charge in [-0.1, -0.05) is 26.7 Å². The molecule has 2 fully saturated rings. The van der Waals surface area contributed by atoms with E-state index < -0.39 is 0 Å². The molecule has 26 heavy (non-hydrogen) atoms. The maximum atomic E-state index is 5.52. The Hall–Kier alpha value is -0.850. The molecule has 2 aliphatic heterocycles.